The van der Waals surface area contributed by atoms with Crippen LogP contribution in [0.2, 0.25) is 0 Å². The van der Waals surface area contributed by atoms with Crippen LogP contribution in [0, 0.1) is 11.3 Å². The number of alkyl halides is 1. The second-order valence-electron chi connectivity index (χ2n) is 15.3. The van der Waals surface area contributed by atoms with Gasteiger partial charge in [-0.2, -0.15) is 5.26 Å². The minimum absolute atomic E-state index is 0.0567. The molecule has 1 amide bonds. The van der Waals surface area contributed by atoms with Gasteiger partial charge in [-0.25, -0.2) is 24.0 Å². The summed E-state index contributed by atoms with van der Waals surface area (Å²) in [4.78, 5) is 26.5. The zero-order valence-electron chi connectivity index (χ0n) is 36.0. The van der Waals surface area contributed by atoms with Gasteiger partial charge in [-0.05, 0) is 80.8 Å². The van der Waals surface area contributed by atoms with Crippen LogP contribution in [-0.4, -0.2) is 88.0 Å². The molecule has 2 unspecified atom stereocenters. The molecule has 0 spiro atoms. The van der Waals surface area contributed by atoms with E-state index in [1.807, 2.05) is 117 Å². The Morgan fingerprint density at radius 1 is 0.873 bits per heavy atom. The Balaban J connectivity index is 1.31. The first-order valence-corrected chi connectivity index (χ1v) is 21.8. The average Bonchev–Trinajstić information content (AvgIpc) is 3.87. The van der Waals surface area contributed by atoms with Gasteiger partial charge in [0.25, 0.3) is 14.4 Å². The van der Waals surface area contributed by atoms with Gasteiger partial charge in [0.05, 0.1) is 46.3 Å². The number of fused-ring (bicyclic) bond motifs is 1. The SMILES string of the molecule is COc1ccc(C(OC[C@H]2O[C@@H](n3cnc4c(NC(=O)c5ccccc5)ncnc43)[C@H](F)C2OP(OCCC#N)N(C(C)C)C(C)C)(c2ccccc2)c2ccc(OC)cc2)cc1. The van der Waals surface area contributed by atoms with Crippen molar-refractivity contribution in [3.05, 3.63) is 144 Å². The van der Waals surface area contributed by atoms with E-state index >= 15 is 4.39 Å². The molecule has 3 heterocycles. The molecular formula is C47H51FN7O7P. The fourth-order valence-corrected chi connectivity index (χ4v) is 9.52. The first-order valence-electron chi connectivity index (χ1n) is 20.7. The number of methoxy groups -OCH3 is 2. The first-order chi connectivity index (χ1) is 30.6. The van der Waals surface area contributed by atoms with Crippen LogP contribution in [0.5, 0.6) is 11.5 Å². The van der Waals surface area contributed by atoms with Crippen LogP contribution in [0.25, 0.3) is 11.2 Å². The van der Waals surface area contributed by atoms with E-state index in [1.165, 1.54) is 17.2 Å². The highest BCUT2D eigenvalue weighted by Crippen LogP contribution is 2.51. The summed E-state index contributed by atoms with van der Waals surface area (Å²) in [5.41, 5.74) is 2.00. The monoisotopic (exact) mass is 875 g/mol. The molecule has 0 saturated carbocycles. The molecule has 2 aromatic heterocycles. The second-order valence-corrected chi connectivity index (χ2v) is 16.7. The molecule has 14 nitrogen and oxygen atoms in total. The van der Waals surface area contributed by atoms with Crippen LogP contribution < -0.4 is 14.8 Å². The number of rotatable bonds is 19. The molecule has 4 aromatic carbocycles. The molecule has 16 heteroatoms. The average molecular weight is 876 g/mol. The quantitative estimate of drug-likeness (QED) is 0.0469. The molecule has 0 bridgehead atoms. The maximum absolute atomic E-state index is 17.7. The van der Waals surface area contributed by atoms with E-state index < -0.39 is 44.6 Å². The van der Waals surface area contributed by atoms with Gasteiger partial charge >= 0.3 is 0 Å². The standard InChI is InChI=1S/C47H51FN7O7P/c1-31(2)55(32(3)4)63(60-27-13-26-49)62-42-39(61-46(40(42)48)54-30-52-41-43(50-29-51-44(41)54)53-45(56)33-14-9-7-10-15-33)28-59-47(34-16-11-8-12-17-34,35-18-22-37(57-5)23-19-35)36-20-24-38(58-6)25-21-36/h7-12,14-25,29-32,39-40,42,46H,13,27-28H2,1-6H3,(H,50,51,53,56)/t39-,40-,42?,46-,63?/m1/s1. The van der Waals surface area contributed by atoms with Crippen molar-refractivity contribution < 1.29 is 37.2 Å². The summed E-state index contributed by atoms with van der Waals surface area (Å²) < 4.78 is 59.3. The summed E-state index contributed by atoms with van der Waals surface area (Å²) in [6, 6.07) is 35.7. The lowest BCUT2D eigenvalue weighted by molar-refractivity contribution is -0.0919. The Kier molecular flexibility index (Phi) is 14.7. The zero-order valence-corrected chi connectivity index (χ0v) is 36.9. The number of halogens is 1. The van der Waals surface area contributed by atoms with E-state index in [4.69, 9.17) is 28.0 Å². The molecule has 1 saturated heterocycles. The predicted octanol–water partition coefficient (Wildman–Crippen LogP) is 9.00. The fourth-order valence-electron chi connectivity index (χ4n) is 7.76. The van der Waals surface area contributed by atoms with Crippen molar-refractivity contribution in [3.63, 3.8) is 0 Å². The number of carbonyl (C=O) groups is 1. The summed E-state index contributed by atoms with van der Waals surface area (Å²) in [5, 5.41) is 12.2. The summed E-state index contributed by atoms with van der Waals surface area (Å²) in [5.74, 6) is 1.08. The van der Waals surface area contributed by atoms with Crippen molar-refractivity contribution >= 4 is 31.4 Å². The number of nitrogens with one attached hydrogen (secondary N) is 1. The second kappa shape index (κ2) is 20.6. The lowest BCUT2D eigenvalue weighted by atomic mass is 9.80. The third kappa shape index (κ3) is 9.72. The molecule has 7 rings (SSSR count). The minimum Gasteiger partial charge on any atom is -0.497 e. The van der Waals surface area contributed by atoms with Gasteiger partial charge in [0.2, 0.25) is 0 Å². The molecule has 1 aliphatic heterocycles. The molecule has 0 radical (unpaired) electrons. The molecular weight excluding hydrogens is 825 g/mol. The topological polar surface area (TPSA) is 155 Å². The Hall–Kier alpha value is -5.85. The number of nitrogens with zero attached hydrogens (tertiary/aromatic N) is 6. The van der Waals surface area contributed by atoms with Gasteiger partial charge in [0.15, 0.2) is 29.4 Å². The van der Waals surface area contributed by atoms with Crippen LogP contribution in [0.4, 0.5) is 10.2 Å². The molecule has 63 heavy (non-hydrogen) atoms. The smallest absolute Gasteiger partial charge is 0.259 e. The third-order valence-corrected chi connectivity index (χ3v) is 12.8. The number of anilines is 1. The van der Waals surface area contributed by atoms with Crippen molar-refractivity contribution in [2.24, 2.45) is 0 Å². The molecule has 1 aliphatic rings. The molecule has 0 aliphatic carbocycles. The lowest BCUT2D eigenvalue weighted by Gasteiger charge is -2.39. The summed E-state index contributed by atoms with van der Waals surface area (Å²) in [7, 11) is 1.29. The largest absolute Gasteiger partial charge is 0.497 e. The highest BCUT2D eigenvalue weighted by molar-refractivity contribution is 7.44. The van der Waals surface area contributed by atoms with E-state index in [-0.39, 0.29) is 48.7 Å². The van der Waals surface area contributed by atoms with Crippen molar-refractivity contribution in [1.82, 2.24) is 24.2 Å². The highest BCUT2D eigenvalue weighted by Gasteiger charge is 2.51. The highest BCUT2D eigenvalue weighted by atomic mass is 31.2. The maximum atomic E-state index is 17.7. The molecule has 328 valence electrons. The normalized spacial score (nSPS) is 18.2. The number of hydrogen-bond acceptors (Lipinski definition) is 12. The van der Waals surface area contributed by atoms with E-state index in [9.17, 15) is 10.1 Å². The molecule has 6 aromatic rings. The van der Waals surface area contributed by atoms with Crippen LogP contribution >= 0.6 is 8.53 Å². The summed E-state index contributed by atoms with van der Waals surface area (Å²) in [6.07, 6.45) is -2.59. The molecule has 1 fully saturated rings. The lowest BCUT2D eigenvalue weighted by Crippen LogP contribution is -2.41. The number of ether oxygens (including phenoxy) is 4. The Morgan fingerprint density at radius 3 is 2.03 bits per heavy atom. The van der Waals surface area contributed by atoms with Crippen molar-refractivity contribution in [2.75, 3.05) is 32.8 Å². The number of amides is 1. The number of aromatic nitrogens is 4. The van der Waals surface area contributed by atoms with Gasteiger partial charge in [0.1, 0.15) is 35.6 Å². The van der Waals surface area contributed by atoms with E-state index in [0.717, 1.165) is 16.7 Å². The van der Waals surface area contributed by atoms with Crippen molar-refractivity contribution in [1.29, 1.82) is 5.26 Å². The van der Waals surface area contributed by atoms with E-state index in [0.29, 0.717) is 17.1 Å². The predicted molar refractivity (Wildman–Crippen MR) is 237 cm³/mol. The van der Waals surface area contributed by atoms with Gasteiger partial charge in [-0.1, -0.05) is 72.8 Å². The van der Waals surface area contributed by atoms with E-state index in [1.54, 1.807) is 38.5 Å². The molecule has 5 atom stereocenters. The summed E-state index contributed by atoms with van der Waals surface area (Å²) in [6.45, 7) is 7.96. The van der Waals surface area contributed by atoms with Crippen LogP contribution in [0.1, 0.15) is 67.4 Å². The number of benzene rings is 4. The fraction of sp³-hybridized carbons (Fsp3) is 0.340. The van der Waals surface area contributed by atoms with Gasteiger partial charge in [0, 0.05) is 17.6 Å². The third-order valence-electron chi connectivity index (χ3n) is 10.7. The number of nitriles is 1. The Morgan fingerprint density at radius 2 is 1.46 bits per heavy atom. The van der Waals surface area contributed by atoms with Gasteiger partial charge < -0.3 is 33.3 Å². The number of hydrogen-bond donors (Lipinski definition) is 1. The molecule has 1 N–H and O–H groups in total. The number of imidazole rings is 1. The van der Waals surface area contributed by atoms with Crippen molar-refractivity contribution in [2.45, 2.75) is 76.4 Å². The minimum atomic E-state index is -1.93. The van der Waals surface area contributed by atoms with Gasteiger partial charge in [-0.3, -0.25) is 9.36 Å². The van der Waals surface area contributed by atoms with Gasteiger partial charge in [-0.15, -0.1) is 0 Å². The maximum Gasteiger partial charge on any atom is 0.259 e. The van der Waals surface area contributed by atoms with Crippen molar-refractivity contribution in [3.8, 4) is 17.6 Å². The van der Waals surface area contributed by atoms with Crippen LogP contribution in [-0.2, 0) is 24.1 Å². The zero-order chi connectivity index (χ0) is 44.5. The van der Waals surface area contributed by atoms with Crippen LogP contribution in [0.3, 0.4) is 0 Å². The van der Waals surface area contributed by atoms with E-state index in [2.05, 4.69) is 26.3 Å². The number of carbonyl (C=O) groups excluding carboxylic acids is 1. The Labute approximate surface area is 367 Å². The first kappa shape index (κ1) is 45.2. The van der Waals surface area contributed by atoms with Crippen LogP contribution in [0.15, 0.2) is 122 Å². The Bertz CT molecular complexity index is 2400. The summed E-state index contributed by atoms with van der Waals surface area (Å²) >= 11 is 0.